The second-order valence-electron chi connectivity index (χ2n) is 5.96. The lowest BCUT2D eigenvalue weighted by Crippen LogP contribution is -2.39. The molecule has 0 saturated carbocycles. The number of ketones is 1. The fourth-order valence-electron chi connectivity index (χ4n) is 3.56. The van der Waals surface area contributed by atoms with Gasteiger partial charge in [0.2, 0.25) is 5.95 Å². The molecule has 0 aromatic carbocycles. The van der Waals surface area contributed by atoms with Crippen LogP contribution in [0.1, 0.15) is 30.7 Å². The van der Waals surface area contributed by atoms with Crippen LogP contribution >= 0.6 is 0 Å². The van der Waals surface area contributed by atoms with Gasteiger partial charge in [-0.2, -0.15) is 15.3 Å². The topological polar surface area (TPSA) is 126 Å². The van der Waals surface area contributed by atoms with E-state index in [-0.39, 0.29) is 11.6 Å². The first-order chi connectivity index (χ1) is 12.2. The third-order valence-electron chi connectivity index (χ3n) is 4.59. The van der Waals surface area contributed by atoms with E-state index in [0.717, 1.165) is 17.7 Å². The molecule has 1 atom stereocenters. The zero-order valence-electron chi connectivity index (χ0n) is 13.4. The van der Waals surface area contributed by atoms with Crippen molar-refractivity contribution >= 4 is 11.7 Å². The van der Waals surface area contributed by atoms with Crippen molar-refractivity contribution in [1.82, 2.24) is 15.2 Å². The Bertz CT molecular complexity index is 922. The van der Waals surface area contributed by atoms with Crippen molar-refractivity contribution in [2.45, 2.75) is 25.2 Å². The van der Waals surface area contributed by atoms with Crippen LogP contribution in [0.2, 0.25) is 0 Å². The number of anilines is 1. The Morgan fingerprint density at radius 2 is 2.32 bits per heavy atom. The minimum absolute atomic E-state index is 0.0415. The van der Waals surface area contributed by atoms with E-state index in [4.69, 9.17) is 5.73 Å². The quantitative estimate of drug-likeness (QED) is 0.841. The van der Waals surface area contributed by atoms with Gasteiger partial charge < -0.3 is 5.73 Å². The van der Waals surface area contributed by atoms with Crippen molar-refractivity contribution < 1.29 is 9.78 Å². The molecule has 4 rings (SSSR count). The molecule has 1 aliphatic carbocycles. The highest BCUT2D eigenvalue weighted by Crippen LogP contribution is 2.45. The molecular formula is C17H16N7O+. The molecule has 2 aliphatic rings. The maximum absolute atomic E-state index is 12.8. The average Bonchev–Trinajstić information content (AvgIpc) is 3.16. The summed E-state index contributed by atoms with van der Waals surface area (Å²) in [4.78, 5) is 21.6. The number of allylic oxidation sites excluding steroid dienone is 3. The van der Waals surface area contributed by atoms with Crippen molar-refractivity contribution in [3.05, 3.63) is 59.1 Å². The Kier molecular flexibility index (Phi) is 3.54. The van der Waals surface area contributed by atoms with E-state index in [1.807, 2.05) is 12.1 Å². The van der Waals surface area contributed by atoms with Gasteiger partial charge in [0, 0.05) is 29.3 Å². The largest absolute Gasteiger partial charge is 0.384 e. The monoisotopic (exact) mass is 334 g/mol. The molecule has 1 aliphatic heterocycles. The number of hydrogen-bond donors (Lipinski definition) is 2. The third-order valence-corrected chi connectivity index (χ3v) is 4.59. The number of H-pyrrole nitrogens is 2. The summed E-state index contributed by atoms with van der Waals surface area (Å²) in [5.74, 6) is 0.261. The lowest BCUT2D eigenvalue weighted by atomic mass is 9.76. The predicted octanol–water partition coefficient (Wildman–Crippen LogP) is 0.924. The number of Topliss-reactive ketones (excluding diaryl/α,β-unsaturated/α-hetero) is 1. The van der Waals surface area contributed by atoms with Crippen LogP contribution in [0.5, 0.6) is 0 Å². The molecule has 0 bridgehead atoms. The maximum Gasteiger partial charge on any atom is 0.231 e. The lowest BCUT2D eigenvalue weighted by molar-refractivity contribution is -0.378. The minimum Gasteiger partial charge on any atom is -0.384 e. The number of aromatic nitrogens is 4. The molecule has 4 N–H and O–H groups in total. The SMILES string of the molecule is N#CC1=C(N)N(c2ncn[nH]2)C2=C(C(=O)CCC2)C1c1ccc[nH+]c1. The van der Waals surface area contributed by atoms with Gasteiger partial charge in [-0.25, -0.2) is 10.1 Å². The van der Waals surface area contributed by atoms with E-state index in [1.165, 1.54) is 6.33 Å². The molecule has 25 heavy (non-hydrogen) atoms. The number of pyridine rings is 1. The van der Waals surface area contributed by atoms with Crippen LogP contribution in [0.4, 0.5) is 5.95 Å². The predicted molar refractivity (Wildman–Crippen MR) is 87.3 cm³/mol. The van der Waals surface area contributed by atoms with Crippen LogP contribution in [0.3, 0.4) is 0 Å². The van der Waals surface area contributed by atoms with Crippen LogP contribution in [0.25, 0.3) is 0 Å². The Morgan fingerprint density at radius 1 is 1.44 bits per heavy atom. The summed E-state index contributed by atoms with van der Waals surface area (Å²) in [7, 11) is 0. The number of rotatable bonds is 2. The van der Waals surface area contributed by atoms with Gasteiger partial charge >= 0.3 is 0 Å². The first-order valence-corrected chi connectivity index (χ1v) is 8.00. The smallest absolute Gasteiger partial charge is 0.231 e. The molecular weight excluding hydrogens is 318 g/mol. The normalized spacial score (nSPS) is 20.5. The third kappa shape index (κ3) is 2.29. The fraction of sp³-hybridized carbons (Fsp3) is 0.235. The summed E-state index contributed by atoms with van der Waals surface area (Å²) in [6.07, 6.45) is 6.85. The van der Waals surface area contributed by atoms with E-state index in [1.54, 1.807) is 17.3 Å². The molecule has 0 spiro atoms. The fourth-order valence-corrected chi connectivity index (χ4v) is 3.56. The number of nitrogens with zero attached hydrogens (tertiary/aromatic N) is 4. The molecule has 0 saturated heterocycles. The number of aromatic amines is 2. The van der Waals surface area contributed by atoms with Gasteiger partial charge in [-0.1, -0.05) is 0 Å². The highest BCUT2D eigenvalue weighted by molar-refractivity contribution is 6.00. The summed E-state index contributed by atoms with van der Waals surface area (Å²) < 4.78 is 0. The summed E-state index contributed by atoms with van der Waals surface area (Å²) in [5, 5.41) is 16.4. The number of nitriles is 1. The van der Waals surface area contributed by atoms with Crippen molar-refractivity contribution in [2.75, 3.05) is 4.90 Å². The van der Waals surface area contributed by atoms with E-state index < -0.39 is 5.92 Å². The van der Waals surface area contributed by atoms with Crippen LogP contribution in [0.15, 0.2) is 53.5 Å². The molecule has 0 amide bonds. The minimum atomic E-state index is -0.468. The molecule has 1 unspecified atom stereocenters. The first kappa shape index (κ1) is 15.1. The average molecular weight is 334 g/mol. The van der Waals surface area contributed by atoms with Gasteiger partial charge in [0.15, 0.2) is 18.2 Å². The van der Waals surface area contributed by atoms with E-state index in [0.29, 0.717) is 29.9 Å². The number of carbonyl (C=O) groups is 1. The van der Waals surface area contributed by atoms with Crippen molar-refractivity contribution in [1.29, 1.82) is 5.26 Å². The van der Waals surface area contributed by atoms with Gasteiger partial charge in [0.1, 0.15) is 12.1 Å². The Hall–Kier alpha value is -3.47. The maximum atomic E-state index is 12.8. The van der Waals surface area contributed by atoms with E-state index >= 15 is 0 Å². The van der Waals surface area contributed by atoms with Crippen molar-refractivity contribution in [2.24, 2.45) is 5.73 Å². The first-order valence-electron chi connectivity index (χ1n) is 8.00. The summed E-state index contributed by atoms with van der Waals surface area (Å²) in [6, 6.07) is 5.93. The standard InChI is InChI=1S/C17H15N7O/c18-7-11-14(10-3-2-6-20-8-10)15-12(4-1-5-13(15)25)24(16(11)19)17-21-9-22-23-17/h2-3,6,8-9,14H,1,4-5,19H2,(H,21,22,23)/p+1. The second-order valence-corrected chi connectivity index (χ2v) is 5.96. The lowest BCUT2D eigenvalue weighted by Gasteiger charge is -2.37. The number of hydrogen-bond acceptors (Lipinski definition) is 6. The zero-order valence-corrected chi connectivity index (χ0v) is 13.4. The molecule has 0 fully saturated rings. The van der Waals surface area contributed by atoms with E-state index in [9.17, 15) is 10.1 Å². The number of nitrogens with two attached hydrogens (primary N) is 1. The van der Waals surface area contributed by atoms with Gasteiger partial charge in [-0.15, -0.1) is 0 Å². The molecule has 8 heteroatoms. The van der Waals surface area contributed by atoms with E-state index in [2.05, 4.69) is 26.2 Å². The summed E-state index contributed by atoms with van der Waals surface area (Å²) >= 11 is 0. The highest BCUT2D eigenvalue weighted by Gasteiger charge is 2.41. The number of carbonyl (C=O) groups excluding carboxylic acids is 1. The molecule has 124 valence electrons. The molecule has 3 heterocycles. The van der Waals surface area contributed by atoms with Crippen LogP contribution < -0.4 is 15.6 Å². The second kappa shape index (κ2) is 5.87. The van der Waals surface area contributed by atoms with Gasteiger partial charge in [-0.05, 0) is 18.9 Å². The molecule has 8 nitrogen and oxygen atoms in total. The molecule has 0 radical (unpaired) electrons. The van der Waals surface area contributed by atoms with Crippen LogP contribution in [-0.2, 0) is 4.79 Å². The number of nitrogens with one attached hydrogen (secondary N) is 2. The molecule has 2 aromatic rings. The zero-order chi connectivity index (χ0) is 17.4. The van der Waals surface area contributed by atoms with Crippen molar-refractivity contribution in [3.63, 3.8) is 0 Å². The van der Waals surface area contributed by atoms with Crippen LogP contribution in [0, 0.1) is 11.3 Å². The summed E-state index contributed by atoms with van der Waals surface area (Å²) in [6.45, 7) is 0. The van der Waals surface area contributed by atoms with Gasteiger partial charge in [0.25, 0.3) is 0 Å². The Labute approximate surface area is 143 Å². The molecule has 2 aromatic heterocycles. The Morgan fingerprint density at radius 3 is 3.00 bits per heavy atom. The van der Waals surface area contributed by atoms with Crippen LogP contribution in [-0.4, -0.2) is 21.0 Å². The van der Waals surface area contributed by atoms with Gasteiger partial charge in [-0.3, -0.25) is 9.69 Å². The highest BCUT2D eigenvalue weighted by atomic mass is 16.1. The van der Waals surface area contributed by atoms with Crippen molar-refractivity contribution in [3.8, 4) is 6.07 Å². The summed E-state index contributed by atoms with van der Waals surface area (Å²) in [5.41, 5.74) is 8.93. The Balaban J connectivity index is 1.98. The van der Waals surface area contributed by atoms with Gasteiger partial charge in [0.05, 0.1) is 17.6 Å².